The minimum Gasteiger partial charge on any atom is -0.399 e. The number of hydrogen-bond donors (Lipinski definition) is 2. The molecule has 0 heterocycles. The van der Waals surface area contributed by atoms with Crippen molar-refractivity contribution in [3.63, 3.8) is 0 Å². The van der Waals surface area contributed by atoms with Crippen molar-refractivity contribution in [2.75, 3.05) is 19.3 Å². The molecule has 1 rings (SSSR count). The Kier molecular flexibility index (Phi) is 3.51. The Morgan fingerprint density at radius 1 is 1.44 bits per heavy atom. The van der Waals surface area contributed by atoms with Crippen molar-refractivity contribution >= 4 is 21.6 Å². The van der Waals surface area contributed by atoms with E-state index >= 15 is 0 Å². The second kappa shape index (κ2) is 4.50. The second-order valence-corrected chi connectivity index (χ2v) is 5.34. The van der Waals surface area contributed by atoms with Crippen molar-refractivity contribution in [3.05, 3.63) is 24.3 Å². The first-order valence-electron chi connectivity index (χ1n) is 4.44. The molecule has 0 saturated carbocycles. The number of sulfonamides is 1. The van der Waals surface area contributed by atoms with E-state index in [4.69, 9.17) is 11.5 Å². The van der Waals surface area contributed by atoms with Gasteiger partial charge in [0.2, 0.25) is 15.9 Å². The van der Waals surface area contributed by atoms with Gasteiger partial charge in [0.15, 0.2) is 0 Å². The average molecular weight is 243 g/mol. The van der Waals surface area contributed by atoms with Crippen LogP contribution in [0.4, 0.5) is 5.69 Å². The maximum Gasteiger partial charge on any atom is 0.243 e. The number of hydrogen-bond acceptors (Lipinski definition) is 4. The lowest BCUT2D eigenvalue weighted by Gasteiger charge is -2.15. The lowest BCUT2D eigenvalue weighted by atomic mass is 10.3. The van der Waals surface area contributed by atoms with Crippen LogP contribution in [0.1, 0.15) is 0 Å². The van der Waals surface area contributed by atoms with Gasteiger partial charge in [-0.1, -0.05) is 6.07 Å². The predicted octanol–water partition coefficient (Wildman–Crippen LogP) is -0.625. The first-order valence-corrected chi connectivity index (χ1v) is 5.88. The third-order valence-corrected chi connectivity index (χ3v) is 3.74. The van der Waals surface area contributed by atoms with Crippen LogP contribution in [-0.4, -0.2) is 32.2 Å². The van der Waals surface area contributed by atoms with Gasteiger partial charge in [-0.15, -0.1) is 0 Å². The van der Waals surface area contributed by atoms with E-state index in [1.807, 2.05) is 0 Å². The highest BCUT2D eigenvalue weighted by Crippen LogP contribution is 2.16. The van der Waals surface area contributed by atoms with Crippen LogP contribution < -0.4 is 11.5 Å². The highest BCUT2D eigenvalue weighted by atomic mass is 32.2. The fraction of sp³-hybridized carbons (Fsp3) is 0.222. The summed E-state index contributed by atoms with van der Waals surface area (Å²) in [6.45, 7) is -0.364. The average Bonchev–Trinajstić information content (AvgIpc) is 2.16. The Balaban J connectivity index is 3.07. The molecular formula is C9H13N3O3S. The fourth-order valence-corrected chi connectivity index (χ4v) is 2.35. The Morgan fingerprint density at radius 3 is 2.56 bits per heavy atom. The topological polar surface area (TPSA) is 106 Å². The summed E-state index contributed by atoms with van der Waals surface area (Å²) in [5, 5.41) is 0. The lowest BCUT2D eigenvalue weighted by Crippen LogP contribution is -2.35. The fourth-order valence-electron chi connectivity index (χ4n) is 1.16. The minimum absolute atomic E-state index is 0.0382. The molecule has 0 aliphatic carbocycles. The van der Waals surface area contributed by atoms with E-state index in [-0.39, 0.29) is 11.4 Å². The van der Waals surface area contributed by atoms with Crippen LogP contribution in [0.2, 0.25) is 0 Å². The van der Waals surface area contributed by atoms with Gasteiger partial charge in [0.25, 0.3) is 0 Å². The number of benzene rings is 1. The Labute approximate surface area is 93.9 Å². The van der Waals surface area contributed by atoms with E-state index in [1.165, 1.54) is 25.2 Å². The molecule has 0 spiro atoms. The zero-order valence-electron chi connectivity index (χ0n) is 8.75. The molecule has 0 atom stereocenters. The zero-order valence-corrected chi connectivity index (χ0v) is 9.57. The molecule has 0 saturated heterocycles. The SMILES string of the molecule is CN(CC(N)=O)S(=O)(=O)c1cccc(N)c1. The maximum absolute atomic E-state index is 11.9. The summed E-state index contributed by atoms with van der Waals surface area (Å²) in [4.78, 5) is 10.7. The van der Waals surface area contributed by atoms with Crippen molar-refractivity contribution in [3.8, 4) is 0 Å². The van der Waals surface area contributed by atoms with Crippen LogP contribution in [0.3, 0.4) is 0 Å². The number of nitrogens with two attached hydrogens (primary N) is 2. The summed E-state index contributed by atoms with van der Waals surface area (Å²) in [5.74, 6) is -0.713. The molecule has 1 aromatic rings. The monoisotopic (exact) mass is 243 g/mol. The molecule has 0 fully saturated rings. The molecule has 0 aromatic heterocycles. The first kappa shape index (κ1) is 12.5. The van der Waals surface area contributed by atoms with Gasteiger partial charge in [-0.05, 0) is 18.2 Å². The molecule has 0 aliphatic rings. The van der Waals surface area contributed by atoms with Gasteiger partial charge < -0.3 is 11.5 Å². The summed E-state index contributed by atoms with van der Waals surface area (Å²) in [6.07, 6.45) is 0. The molecule has 0 aliphatic heterocycles. The van der Waals surface area contributed by atoms with Crippen molar-refractivity contribution in [1.29, 1.82) is 0 Å². The molecule has 16 heavy (non-hydrogen) atoms. The Hall–Kier alpha value is -1.60. The van der Waals surface area contributed by atoms with Crippen molar-refractivity contribution in [1.82, 2.24) is 4.31 Å². The Bertz CT molecular complexity index is 498. The number of amides is 1. The largest absolute Gasteiger partial charge is 0.399 e. The third-order valence-electron chi connectivity index (χ3n) is 1.94. The van der Waals surface area contributed by atoms with Crippen LogP contribution in [0, 0.1) is 0 Å². The number of carbonyl (C=O) groups is 1. The van der Waals surface area contributed by atoms with E-state index in [2.05, 4.69) is 0 Å². The maximum atomic E-state index is 11.9. The summed E-state index contributed by atoms with van der Waals surface area (Å²) >= 11 is 0. The second-order valence-electron chi connectivity index (χ2n) is 3.30. The van der Waals surface area contributed by atoms with Gasteiger partial charge in [-0.2, -0.15) is 4.31 Å². The normalized spacial score (nSPS) is 11.6. The number of primary amides is 1. The van der Waals surface area contributed by atoms with E-state index < -0.39 is 15.9 Å². The van der Waals surface area contributed by atoms with E-state index in [0.717, 1.165) is 4.31 Å². The van der Waals surface area contributed by atoms with Gasteiger partial charge in [-0.3, -0.25) is 4.79 Å². The number of rotatable bonds is 4. The number of nitrogens with zero attached hydrogens (tertiary/aromatic N) is 1. The minimum atomic E-state index is -3.70. The van der Waals surface area contributed by atoms with Gasteiger partial charge in [0.05, 0.1) is 11.4 Å². The third kappa shape index (κ3) is 2.71. The van der Waals surface area contributed by atoms with Crippen LogP contribution in [0.5, 0.6) is 0 Å². The van der Waals surface area contributed by atoms with Gasteiger partial charge >= 0.3 is 0 Å². The highest BCUT2D eigenvalue weighted by Gasteiger charge is 2.21. The molecule has 4 N–H and O–H groups in total. The zero-order chi connectivity index (χ0) is 12.3. The standard InChI is InChI=1S/C9H13N3O3S/c1-12(6-9(11)13)16(14,15)8-4-2-3-7(10)5-8/h2-5H,6,10H2,1H3,(H2,11,13). The van der Waals surface area contributed by atoms with Gasteiger partial charge in [0, 0.05) is 12.7 Å². The smallest absolute Gasteiger partial charge is 0.243 e. The molecule has 0 bridgehead atoms. The van der Waals surface area contributed by atoms with Crippen LogP contribution in [0.15, 0.2) is 29.2 Å². The molecule has 88 valence electrons. The summed E-state index contributed by atoms with van der Waals surface area (Å²) < 4.78 is 24.6. The van der Waals surface area contributed by atoms with Crippen LogP contribution in [-0.2, 0) is 14.8 Å². The molecule has 7 heteroatoms. The molecule has 1 amide bonds. The summed E-state index contributed by atoms with van der Waals surface area (Å²) in [5.41, 5.74) is 10.8. The van der Waals surface area contributed by atoms with Gasteiger partial charge in [0.1, 0.15) is 0 Å². The van der Waals surface area contributed by atoms with Crippen LogP contribution in [0.25, 0.3) is 0 Å². The first-order chi connectivity index (χ1) is 7.34. The number of carbonyl (C=O) groups excluding carboxylic acids is 1. The van der Waals surface area contributed by atoms with E-state index in [0.29, 0.717) is 5.69 Å². The predicted molar refractivity (Wildman–Crippen MR) is 59.9 cm³/mol. The highest BCUT2D eigenvalue weighted by molar-refractivity contribution is 7.89. The summed E-state index contributed by atoms with van der Waals surface area (Å²) in [6, 6.07) is 5.84. The van der Waals surface area contributed by atoms with Crippen molar-refractivity contribution in [2.45, 2.75) is 4.90 Å². The lowest BCUT2D eigenvalue weighted by molar-refractivity contribution is -0.118. The number of likely N-dealkylation sites (N-methyl/N-ethyl adjacent to an activating group) is 1. The molecule has 0 unspecified atom stereocenters. The molecule has 0 radical (unpaired) electrons. The Morgan fingerprint density at radius 2 is 2.06 bits per heavy atom. The number of nitrogen functional groups attached to an aromatic ring is 1. The molecule has 1 aromatic carbocycles. The van der Waals surface area contributed by atoms with Crippen LogP contribution >= 0.6 is 0 Å². The molecule has 6 nitrogen and oxygen atoms in total. The molecular weight excluding hydrogens is 230 g/mol. The van der Waals surface area contributed by atoms with E-state index in [1.54, 1.807) is 6.07 Å². The van der Waals surface area contributed by atoms with Crippen molar-refractivity contribution < 1.29 is 13.2 Å². The quantitative estimate of drug-likeness (QED) is 0.687. The van der Waals surface area contributed by atoms with E-state index in [9.17, 15) is 13.2 Å². The number of anilines is 1. The van der Waals surface area contributed by atoms with Gasteiger partial charge in [-0.25, -0.2) is 8.42 Å². The van der Waals surface area contributed by atoms with Crippen molar-refractivity contribution in [2.24, 2.45) is 5.73 Å². The summed E-state index contributed by atoms with van der Waals surface area (Å²) in [7, 11) is -2.42.